The molecule has 7 heteroatoms. The molecule has 2 bridgehead atoms. The average molecular weight is 441 g/mol. The molecule has 0 aromatic heterocycles. The van der Waals surface area contributed by atoms with Crippen molar-refractivity contribution in [1.82, 2.24) is 0 Å². The summed E-state index contributed by atoms with van der Waals surface area (Å²) < 4.78 is 23.8. The lowest BCUT2D eigenvalue weighted by atomic mass is 10.0. The lowest BCUT2D eigenvalue weighted by molar-refractivity contribution is -0.200. The van der Waals surface area contributed by atoms with Crippen molar-refractivity contribution < 1.29 is 28.2 Å². The monoisotopic (exact) mass is 440 g/mol. The molecule has 0 radical (unpaired) electrons. The van der Waals surface area contributed by atoms with Crippen molar-refractivity contribution in [3.8, 4) is 0 Å². The van der Waals surface area contributed by atoms with Crippen LogP contribution in [0.15, 0.2) is 60.7 Å². The van der Waals surface area contributed by atoms with Gasteiger partial charge in [0.1, 0.15) is 12.2 Å². The number of esters is 1. The van der Waals surface area contributed by atoms with Crippen LogP contribution in [0.2, 0.25) is 5.04 Å². The summed E-state index contributed by atoms with van der Waals surface area (Å²) in [6, 6.07) is 20.2. The van der Waals surface area contributed by atoms with Crippen LogP contribution >= 0.6 is 0 Å². The normalized spacial score (nSPS) is 26.0. The van der Waals surface area contributed by atoms with Gasteiger partial charge in [-0.05, 0) is 15.4 Å². The van der Waals surface area contributed by atoms with Crippen LogP contribution < -0.4 is 10.4 Å². The maximum Gasteiger partial charge on any atom is 0.303 e. The third kappa shape index (κ3) is 3.87. The molecule has 2 aliphatic heterocycles. The number of ketones is 1. The standard InChI is InChI=1S/C24H28O6Si/c1-16(25)28-22-20(26)21(19-15-27-23(22)29-19)30-31(24(2,3)4,17-11-7-5-8-12-17)18-13-9-6-10-14-18/h5-14,19,21-23H,15H2,1-4H3/t19-,21-,22+,23-/m1/s1. The Balaban J connectivity index is 1.83. The summed E-state index contributed by atoms with van der Waals surface area (Å²) in [4.78, 5) is 25.1. The lowest BCUT2D eigenvalue weighted by Crippen LogP contribution is -2.70. The van der Waals surface area contributed by atoms with E-state index >= 15 is 0 Å². The van der Waals surface area contributed by atoms with Gasteiger partial charge in [-0.2, -0.15) is 0 Å². The molecule has 2 aromatic rings. The summed E-state index contributed by atoms with van der Waals surface area (Å²) in [5.41, 5.74) is 0. The maximum absolute atomic E-state index is 13.4. The van der Waals surface area contributed by atoms with E-state index in [4.69, 9.17) is 18.6 Å². The molecule has 2 fully saturated rings. The number of Topliss-reactive ketones (excluding diaryl/α,β-unsaturated/α-hetero) is 1. The summed E-state index contributed by atoms with van der Waals surface area (Å²) >= 11 is 0. The fourth-order valence-electron chi connectivity index (χ4n) is 4.55. The first-order valence-electron chi connectivity index (χ1n) is 10.5. The van der Waals surface area contributed by atoms with Crippen molar-refractivity contribution in [2.24, 2.45) is 0 Å². The summed E-state index contributed by atoms with van der Waals surface area (Å²) in [5, 5.41) is 1.82. The molecule has 164 valence electrons. The molecule has 2 aromatic carbocycles. The Morgan fingerprint density at radius 2 is 1.52 bits per heavy atom. The third-order valence-electron chi connectivity index (χ3n) is 5.89. The number of carbonyl (C=O) groups excluding carboxylic acids is 2. The zero-order chi connectivity index (χ0) is 22.2. The topological polar surface area (TPSA) is 71.1 Å². The molecule has 4 rings (SSSR count). The van der Waals surface area contributed by atoms with Gasteiger partial charge in [-0.3, -0.25) is 9.59 Å². The predicted molar refractivity (Wildman–Crippen MR) is 118 cm³/mol. The van der Waals surface area contributed by atoms with Gasteiger partial charge in [0.25, 0.3) is 8.32 Å². The zero-order valence-corrected chi connectivity index (χ0v) is 19.2. The molecular weight excluding hydrogens is 412 g/mol. The number of fused-ring (bicyclic) bond motifs is 2. The van der Waals surface area contributed by atoms with Gasteiger partial charge < -0.3 is 18.6 Å². The van der Waals surface area contributed by atoms with E-state index in [-0.39, 0.29) is 17.4 Å². The van der Waals surface area contributed by atoms with Gasteiger partial charge in [0, 0.05) is 6.92 Å². The maximum atomic E-state index is 13.4. The number of hydrogen-bond donors (Lipinski definition) is 0. The van der Waals surface area contributed by atoms with Crippen molar-refractivity contribution in [1.29, 1.82) is 0 Å². The molecule has 0 aliphatic carbocycles. The second-order valence-electron chi connectivity index (χ2n) is 9.01. The Morgan fingerprint density at radius 3 is 2.00 bits per heavy atom. The second-order valence-corrected chi connectivity index (χ2v) is 13.3. The highest BCUT2D eigenvalue weighted by Gasteiger charge is 2.58. The molecule has 2 aliphatic rings. The molecule has 0 N–H and O–H groups in total. The molecule has 2 heterocycles. The Labute approximate surface area is 183 Å². The summed E-state index contributed by atoms with van der Waals surface area (Å²) in [6.45, 7) is 7.92. The van der Waals surface area contributed by atoms with E-state index in [1.54, 1.807) is 0 Å². The minimum atomic E-state index is -2.98. The first-order valence-corrected chi connectivity index (χ1v) is 12.4. The van der Waals surface area contributed by atoms with Crippen LogP contribution in [0, 0.1) is 0 Å². The van der Waals surface area contributed by atoms with Gasteiger partial charge >= 0.3 is 5.97 Å². The number of rotatable bonds is 5. The van der Waals surface area contributed by atoms with Crippen LogP contribution in [0.3, 0.4) is 0 Å². The second kappa shape index (κ2) is 8.31. The molecule has 0 saturated carbocycles. The van der Waals surface area contributed by atoms with E-state index in [1.807, 2.05) is 36.4 Å². The predicted octanol–water partition coefficient (Wildman–Crippen LogP) is 2.19. The van der Waals surface area contributed by atoms with E-state index in [1.165, 1.54) is 6.92 Å². The van der Waals surface area contributed by atoms with Gasteiger partial charge in [0.15, 0.2) is 0 Å². The van der Waals surface area contributed by atoms with Gasteiger partial charge in [-0.1, -0.05) is 81.4 Å². The molecule has 2 saturated heterocycles. The molecule has 0 spiro atoms. The Bertz CT molecular complexity index is 900. The number of hydrogen-bond acceptors (Lipinski definition) is 6. The molecule has 0 amide bonds. The van der Waals surface area contributed by atoms with Crippen molar-refractivity contribution >= 4 is 30.4 Å². The molecule has 4 atom stereocenters. The minimum Gasteiger partial charge on any atom is -0.449 e. The van der Waals surface area contributed by atoms with Crippen LogP contribution in [0.4, 0.5) is 0 Å². The fourth-order valence-corrected chi connectivity index (χ4v) is 9.21. The third-order valence-corrected chi connectivity index (χ3v) is 10.9. The Kier molecular flexibility index (Phi) is 5.87. The first-order chi connectivity index (χ1) is 14.7. The van der Waals surface area contributed by atoms with E-state index in [0.717, 1.165) is 10.4 Å². The molecular formula is C24H28O6Si. The highest BCUT2D eigenvalue weighted by atomic mass is 28.4. The highest BCUT2D eigenvalue weighted by Crippen LogP contribution is 2.40. The summed E-state index contributed by atoms with van der Waals surface area (Å²) in [6.07, 6.45) is -3.43. The van der Waals surface area contributed by atoms with Crippen molar-refractivity contribution in [2.75, 3.05) is 6.61 Å². The van der Waals surface area contributed by atoms with E-state index in [0.29, 0.717) is 0 Å². The van der Waals surface area contributed by atoms with Crippen molar-refractivity contribution in [3.63, 3.8) is 0 Å². The Hall–Kier alpha value is -2.32. The van der Waals surface area contributed by atoms with Crippen LogP contribution in [0.5, 0.6) is 0 Å². The van der Waals surface area contributed by atoms with Gasteiger partial charge in [-0.15, -0.1) is 0 Å². The van der Waals surface area contributed by atoms with Gasteiger partial charge in [0.05, 0.1) is 6.61 Å². The van der Waals surface area contributed by atoms with Gasteiger partial charge in [-0.25, -0.2) is 0 Å². The molecule has 0 unspecified atom stereocenters. The van der Waals surface area contributed by atoms with Crippen molar-refractivity contribution in [3.05, 3.63) is 60.7 Å². The first kappa shape index (κ1) is 21.9. The van der Waals surface area contributed by atoms with Crippen LogP contribution in [-0.2, 0) is 28.2 Å². The SMILES string of the molecule is CC(=O)O[C@H]1C(=O)[C@H](O[Si](c2ccccc2)(c2ccccc2)C(C)(C)C)[C@H]2CO[C@@H]1O2. The smallest absolute Gasteiger partial charge is 0.303 e. The highest BCUT2D eigenvalue weighted by molar-refractivity contribution is 6.99. The molecule has 31 heavy (non-hydrogen) atoms. The number of benzene rings is 2. The van der Waals surface area contributed by atoms with Crippen LogP contribution in [-0.4, -0.2) is 51.3 Å². The van der Waals surface area contributed by atoms with Crippen LogP contribution in [0.25, 0.3) is 0 Å². The number of carbonyl (C=O) groups is 2. The zero-order valence-electron chi connectivity index (χ0n) is 18.2. The largest absolute Gasteiger partial charge is 0.449 e. The lowest BCUT2D eigenvalue weighted by Gasteiger charge is -2.46. The van der Waals surface area contributed by atoms with Gasteiger partial charge in [0.2, 0.25) is 18.2 Å². The van der Waals surface area contributed by atoms with E-state index in [2.05, 4.69) is 45.0 Å². The Morgan fingerprint density at radius 1 is 0.968 bits per heavy atom. The fraction of sp³-hybridized carbons (Fsp3) is 0.417. The quantitative estimate of drug-likeness (QED) is 0.524. The van der Waals surface area contributed by atoms with E-state index in [9.17, 15) is 9.59 Å². The average Bonchev–Trinajstić information content (AvgIpc) is 3.18. The van der Waals surface area contributed by atoms with Crippen LogP contribution in [0.1, 0.15) is 27.7 Å². The minimum absolute atomic E-state index is 0.219. The number of ether oxygens (including phenoxy) is 3. The summed E-state index contributed by atoms with van der Waals surface area (Å²) in [7, 11) is -2.98. The summed E-state index contributed by atoms with van der Waals surface area (Å²) in [5.74, 6) is -0.859. The molecule has 6 nitrogen and oxygen atoms in total. The van der Waals surface area contributed by atoms with E-state index < -0.39 is 38.9 Å². The van der Waals surface area contributed by atoms with Crippen molar-refractivity contribution in [2.45, 2.75) is 57.3 Å².